The van der Waals surface area contributed by atoms with E-state index in [9.17, 15) is 22.8 Å². The quantitative estimate of drug-likeness (QED) is 0.102. The summed E-state index contributed by atoms with van der Waals surface area (Å²) in [6.45, 7) is 17.8. The lowest BCUT2D eigenvalue weighted by atomic mass is 9.67. The lowest BCUT2D eigenvalue weighted by Gasteiger charge is -2.36. The lowest BCUT2D eigenvalue weighted by Crippen LogP contribution is -2.39. The molecular formula is C43H43F3N2O3S. The zero-order chi connectivity index (χ0) is 38.4. The van der Waals surface area contributed by atoms with E-state index < -0.39 is 28.6 Å². The second-order valence-electron chi connectivity index (χ2n) is 13.4. The van der Waals surface area contributed by atoms with Gasteiger partial charge in [-0.15, -0.1) is 0 Å². The van der Waals surface area contributed by atoms with Crippen LogP contribution in [-0.4, -0.2) is 23.2 Å². The first kappa shape index (κ1) is 39.8. The minimum absolute atomic E-state index is 0.148. The second kappa shape index (κ2) is 16.5. The number of nitrogens with one attached hydrogen (secondary N) is 1. The Bertz CT molecular complexity index is 2030. The number of benzene rings is 2. The third-order valence-corrected chi connectivity index (χ3v) is 9.77. The monoisotopic (exact) mass is 724 g/mol. The van der Waals surface area contributed by atoms with Crippen LogP contribution in [0.2, 0.25) is 0 Å². The Kier molecular flexibility index (Phi) is 12.6. The van der Waals surface area contributed by atoms with Crippen LogP contribution in [0.4, 0.5) is 13.2 Å². The number of allylic oxidation sites excluding steroid dienone is 7. The first-order chi connectivity index (χ1) is 24.6. The van der Waals surface area contributed by atoms with Gasteiger partial charge in [0.2, 0.25) is 0 Å². The Morgan fingerprint density at radius 1 is 1.17 bits per heavy atom. The van der Waals surface area contributed by atoms with Crippen molar-refractivity contribution in [2.75, 3.05) is 6.61 Å². The molecule has 2 aromatic rings. The lowest BCUT2D eigenvalue weighted by molar-refractivity contribution is -0.137. The van der Waals surface area contributed by atoms with E-state index in [2.05, 4.69) is 31.1 Å². The van der Waals surface area contributed by atoms with E-state index in [1.54, 1.807) is 44.2 Å². The van der Waals surface area contributed by atoms with E-state index in [4.69, 9.17) is 22.2 Å². The number of alkyl halides is 3. The highest BCUT2D eigenvalue weighted by Gasteiger charge is 2.42. The van der Waals surface area contributed by atoms with Crippen molar-refractivity contribution in [2.24, 2.45) is 11.3 Å². The van der Waals surface area contributed by atoms with Crippen LogP contribution in [0.5, 0.6) is 5.75 Å². The molecule has 1 atom stereocenters. The molecule has 270 valence electrons. The Balaban J connectivity index is 1.73. The number of nitrogens with zero attached hydrogens (tertiary/aromatic N) is 1. The number of carbonyl (C=O) groups excluding carboxylic acids is 2. The third-order valence-electron chi connectivity index (χ3n) is 9.37. The summed E-state index contributed by atoms with van der Waals surface area (Å²) in [4.78, 5) is 28.4. The van der Waals surface area contributed by atoms with Gasteiger partial charge in [0.05, 0.1) is 35.4 Å². The molecule has 0 spiro atoms. The standard InChI is InChI=1S/C43H43F3N2O3S/c1-8-12-26(4)21-30-13-11-14-36(48-41(50)39(30)27(5)9-2)33-23-29(18-20-37(33)51-10-3)34-24-38(52)32(40(49)42(34,6)7)19-16-28-15-17-31(25-47)35(22-28)43(44,45)46/h9,11,13,15,17-18,20,22-24,32H,2,4,8,10,12,16,19,21H2,1,3,5-7H3,(H,48,50). The van der Waals surface area contributed by atoms with E-state index in [1.807, 2.05) is 32.1 Å². The van der Waals surface area contributed by atoms with Gasteiger partial charge in [0.1, 0.15) is 5.75 Å². The normalized spacial score (nSPS) is 18.2. The highest BCUT2D eigenvalue weighted by molar-refractivity contribution is 7.80. The highest BCUT2D eigenvalue weighted by atomic mass is 32.1. The van der Waals surface area contributed by atoms with Crippen LogP contribution in [0.1, 0.15) is 88.1 Å². The van der Waals surface area contributed by atoms with Crippen LogP contribution in [0.25, 0.3) is 11.3 Å². The molecule has 2 aromatic carbocycles. The van der Waals surface area contributed by atoms with Gasteiger partial charge in [-0.3, -0.25) is 9.59 Å². The SMILES string of the molecule is C=CC(C)=C1C(=O)NC(c2cc(C3=CC(=S)C(CCc4ccc(C#N)c(C(F)(F)F)c4)C(=O)C3(C)C)ccc2OCC)=C=CC=C1CC(=C)CCC. The first-order valence-corrected chi connectivity index (χ1v) is 17.6. The van der Waals surface area contributed by atoms with Gasteiger partial charge in [-0.05, 0) is 118 Å². The largest absolute Gasteiger partial charge is 0.493 e. The van der Waals surface area contributed by atoms with Gasteiger partial charge in [0, 0.05) is 21.4 Å². The number of carbonyl (C=O) groups is 2. The van der Waals surface area contributed by atoms with Crippen LogP contribution < -0.4 is 10.1 Å². The maximum atomic E-state index is 14.1. The smallest absolute Gasteiger partial charge is 0.417 e. The number of rotatable bonds is 12. The number of thiocarbonyl (C=S) groups is 1. The fourth-order valence-corrected chi connectivity index (χ4v) is 6.95. The molecule has 1 aliphatic heterocycles. The summed E-state index contributed by atoms with van der Waals surface area (Å²) in [5, 5.41) is 12.2. The van der Waals surface area contributed by atoms with Crippen molar-refractivity contribution in [1.82, 2.24) is 5.32 Å². The van der Waals surface area contributed by atoms with E-state index in [-0.39, 0.29) is 24.5 Å². The number of ether oxygens (including phenoxy) is 1. The summed E-state index contributed by atoms with van der Waals surface area (Å²) in [7, 11) is 0. The number of aryl methyl sites for hydroxylation is 1. The molecule has 9 heteroatoms. The van der Waals surface area contributed by atoms with Crippen molar-refractivity contribution >= 4 is 40.0 Å². The molecule has 0 aromatic heterocycles. The van der Waals surface area contributed by atoms with E-state index in [0.717, 1.165) is 41.7 Å². The minimum Gasteiger partial charge on any atom is -0.493 e. The van der Waals surface area contributed by atoms with Crippen molar-refractivity contribution in [2.45, 2.75) is 72.9 Å². The second-order valence-corrected chi connectivity index (χ2v) is 13.9. The van der Waals surface area contributed by atoms with Gasteiger partial charge >= 0.3 is 6.18 Å². The molecule has 1 unspecified atom stereocenters. The summed E-state index contributed by atoms with van der Waals surface area (Å²) in [6.07, 6.45) is 5.13. The minimum atomic E-state index is -4.68. The zero-order valence-corrected chi connectivity index (χ0v) is 31.0. The zero-order valence-electron chi connectivity index (χ0n) is 30.2. The van der Waals surface area contributed by atoms with Crippen molar-refractivity contribution in [3.63, 3.8) is 0 Å². The van der Waals surface area contributed by atoms with E-state index in [0.29, 0.717) is 57.2 Å². The summed E-state index contributed by atoms with van der Waals surface area (Å²) >= 11 is 5.75. The van der Waals surface area contributed by atoms with Gasteiger partial charge in [-0.1, -0.05) is 74.3 Å². The Morgan fingerprint density at radius 3 is 2.54 bits per heavy atom. The number of nitriles is 1. The van der Waals surface area contributed by atoms with Crippen LogP contribution in [0.3, 0.4) is 0 Å². The molecule has 4 rings (SSSR count). The molecule has 1 amide bonds. The summed E-state index contributed by atoms with van der Waals surface area (Å²) in [5.74, 6) is -0.650. The molecule has 1 aliphatic carbocycles. The van der Waals surface area contributed by atoms with Gasteiger partial charge in [0.15, 0.2) is 5.78 Å². The molecule has 0 saturated heterocycles. The fraction of sp³-hybridized carbons (Fsp3) is 0.326. The van der Waals surface area contributed by atoms with Gasteiger partial charge in [0.25, 0.3) is 5.91 Å². The summed E-state index contributed by atoms with van der Waals surface area (Å²) in [5.41, 5.74) is 6.49. The number of amides is 1. The van der Waals surface area contributed by atoms with Crippen molar-refractivity contribution < 1.29 is 27.5 Å². The van der Waals surface area contributed by atoms with Gasteiger partial charge in [-0.2, -0.15) is 18.4 Å². The van der Waals surface area contributed by atoms with Crippen molar-refractivity contribution in [3.05, 3.63) is 130 Å². The van der Waals surface area contributed by atoms with E-state index in [1.165, 1.54) is 6.07 Å². The van der Waals surface area contributed by atoms with Crippen LogP contribution in [0.15, 0.2) is 102 Å². The molecule has 52 heavy (non-hydrogen) atoms. The number of Topliss-reactive ketones (excluding diaryl/α,β-unsaturated/α-hetero) is 1. The highest BCUT2D eigenvalue weighted by Crippen LogP contribution is 2.44. The maximum absolute atomic E-state index is 14.1. The molecule has 1 N–H and O–H groups in total. The van der Waals surface area contributed by atoms with Gasteiger partial charge in [-0.25, -0.2) is 0 Å². The average Bonchev–Trinajstić information content (AvgIpc) is 3.08. The topological polar surface area (TPSA) is 79.2 Å². The molecule has 5 nitrogen and oxygen atoms in total. The average molecular weight is 725 g/mol. The maximum Gasteiger partial charge on any atom is 0.417 e. The van der Waals surface area contributed by atoms with Crippen molar-refractivity contribution in [3.8, 4) is 11.8 Å². The van der Waals surface area contributed by atoms with Gasteiger partial charge < -0.3 is 10.1 Å². The predicted molar refractivity (Wildman–Crippen MR) is 204 cm³/mol. The Labute approximate surface area is 309 Å². The van der Waals surface area contributed by atoms with Crippen LogP contribution in [0, 0.1) is 22.7 Å². The molecule has 0 radical (unpaired) electrons. The predicted octanol–water partition coefficient (Wildman–Crippen LogP) is 10.4. The molecule has 2 aliphatic rings. The molecule has 0 bridgehead atoms. The van der Waals surface area contributed by atoms with E-state index >= 15 is 0 Å². The number of hydrogen-bond acceptors (Lipinski definition) is 5. The van der Waals surface area contributed by atoms with Crippen LogP contribution in [-0.2, 0) is 22.2 Å². The van der Waals surface area contributed by atoms with Crippen molar-refractivity contribution in [1.29, 1.82) is 5.26 Å². The molecular weight excluding hydrogens is 682 g/mol. The molecule has 0 fully saturated rings. The Morgan fingerprint density at radius 2 is 1.90 bits per heavy atom. The van der Waals surface area contributed by atoms with Crippen LogP contribution >= 0.6 is 12.2 Å². The number of ketones is 1. The third kappa shape index (κ3) is 8.70. The first-order valence-electron chi connectivity index (χ1n) is 17.2. The number of hydrogen-bond donors (Lipinski definition) is 1. The fourth-order valence-electron chi connectivity index (χ4n) is 6.61. The molecule has 1 heterocycles. The summed E-state index contributed by atoms with van der Waals surface area (Å²) < 4.78 is 46.7. The molecule has 0 saturated carbocycles. The summed E-state index contributed by atoms with van der Waals surface area (Å²) in [6, 6.07) is 10.7. The Hall–Kier alpha value is -5.03. The number of halogens is 3.